The van der Waals surface area contributed by atoms with E-state index >= 15 is 0 Å². The quantitative estimate of drug-likeness (QED) is 0.0720. The van der Waals surface area contributed by atoms with E-state index in [1.54, 1.807) is 24.3 Å². The van der Waals surface area contributed by atoms with Crippen molar-refractivity contribution in [3.05, 3.63) is 97.9 Å². The molecule has 0 saturated heterocycles. The van der Waals surface area contributed by atoms with E-state index in [-0.39, 0.29) is 80.6 Å². The number of esters is 2. The molecule has 4 rings (SSSR count). The second kappa shape index (κ2) is 26.0. The van der Waals surface area contributed by atoms with E-state index in [2.05, 4.69) is 55.2 Å². The maximum Gasteiger partial charge on any atom is 0.338 e. The lowest BCUT2D eigenvalue weighted by molar-refractivity contribution is -0.141. The molecule has 0 bridgehead atoms. The molecule has 0 aromatic carbocycles. The number of carbonyl (C=O) groups is 6. The van der Waals surface area contributed by atoms with Gasteiger partial charge in [-0.15, -0.1) is 0 Å². The number of aliphatic carboxylic acids is 4. The Morgan fingerprint density at radius 3 is 1.13 bits per heavy atom. The van der Waals surface area contributed by atoms with Crippen molar-refractivity contribution in [2.75, 3.05) is 26.3 Å². The Hall–Kier alpha value is 2.12. The highest BCUT2D eigenvalue weighted by Crippen LogP contribution is 2.46. The van der Waals surface area contributed by atoms with Crippen molar-refractivity contribution >= 4 is 318 Å². The summed E-state index contributed by atoms with van der Waals surface area (Å²) in [6, 6.07) is 0. The van der Waals surface area contributed by atoms with E-state index in [1.807, 2.05) is 226 Å². The maximum atomic E-state index is 13.0. The fourth-order valence-corrected chi connectivity index (χ4v) is 23.8. The SMILES string of the molecule is O=C(CN=C1C(I)=C(C(=O)O)C(I)=C(OC2=C(I)C(C(=O)O)=C(I)C(=NCC(=O)OCC=C3C(I)=C(C(=O)O)C(I)=CC3I)C2I)C1I)OCC=C1C(I)=C(C(=O)O)C(I)=CC1I. The van der Waals surface area contributed by atoms with Gasteiger partial charge in [-0.25, -0.2) is 19.2 Å². The number of carboxylic acids is 4. The number of carbonyl (C=O) groups excluding carboxylic acids is 2. The van der Waals surface area contributed by atoms with Crippen molar-refractivity contribution < 1.29 is 63.4 Å². The Morgan fingerprint density at radius 1 is 0.508 bits per heavy atom. The molecule has 15 nitrogen and oxygen atoms in total. The van der Waals surface area contributed by atoms with Gasteiger partial charge in [0.05, 0.1) is 55.9 Å². The van der Waals surface area contributed by atoms with E-state index in [9.17, 15) is 49.2 Å². The van der Waals surface area contributed by atoms with E-state index in [4.69, 9.17) is 14.2 Å². The van der Waals surface area contributed by atoms with Crippen LogP contribution in [0.15, 0.2) is 108 Å². The number of alkyl halides is 4. The highest BCUT2D eigenvalue weighted by Gasteiger charge is 2.41. The normalized spacial score (nSPS) is 24.7. The summed E-state index contributed by atoms with van der Waals surface area (Å²) < 4.78 is 18.7. The van der Waals surface area contributed by atoms with Gasteiger partial charge in [-0.2, -0.15) is 0 Å². The third-order valence-corrected chi connectivity index (χ3v) is 21.1. The summed E-state index contributed by atoms with van der Waals surface area (Å²) >= 11 is 23.6. The number of allylic oxidation sites excluding steroid dienone is 10. The Labute approximate surface area is 521 Å². The molecule has 0 amide bonds. The van der Waals surface area contributed by atoms with Crippen LogP contribution in [-0.2, 0) is 43.0 Å². The van der Waals surface area contributed by atoms with Gasteiger partial charge in [0.2, 0.25) is 0 Å². The van der Waals surface area contributed by atoms with Crippen molar-refractivity contribution in [2.24, 2.45) is 9.98 Å². The Balaban J connectivity index is 1.57. The van der Waals surface area contributed by atoms with Crippen LogP contribution in [0.4, 0.5) is 0 Å². The number of aliphatic imine (C=N–C) groups is 2. The van der Waals surface area contributed by atoms with Crippen LogP contribution in [-0.4, -0.2) is 110 Å². The molecule has 63 heavy (non-hydrogen) atoms. The second-order valence-corrected chi connectivity index (χ2v) is 26.1. The number of nitrogens with zero attached hydrogens (tertiary/aromatic N) is 2. The fraction of sp³-hybridized carbons (Fsp3) is 0.222. The molecule has 0 aromatic heterocycles. The van der Waals surface area contributed by atoms with Gasteiger partial charge in [-0.1, -0.05) is 103 Å². The molecule has 27 heteroatoms. The van der Waals surface area contributed by atoms with Crippen molar-refractivity contribution in [1.82, 2.24) is 0 Å². The van der Waals surface area contributed by atoms with Crippen LogP contribution in [0.3, 0.4) is 0 Å². The van der Waals surface area contributed by atoms with Crippen LogP contribution in [0.1, 0.15) is 0 Å². The van der Waals surface area contributed by atoms with Crippen LogP contribution in [0.5, 0.6) is 0 Å². The minimum absolute atomic E-state index is 0.115. The molecule has 0 aromatic rings. The van der Waals surface area contributed by atoms with Crippen LogP contribution in [0.25, 0.3) is 0 Å². The summed E-state index contributed by atoms with van der Waals surface area (Å²) in [5, 5.41) is 39.9. The predicted molar refractivity (Wildman–Crippen MR) is 336 cm³/mol. The molecule has 0 radical (unpaired) electrons. The molecular formula is C36H20I12N2O13. The van der Waals surface area contributed by atoms with Crippen LogP contribution >= 0.6 is 271 Å². The van der Waals surface area contributed by atoms with Gasteiger partial charge in [0.1, 0.15) is 45.7 Å². The lowest BCUT2D eigenvalue weighted by Gasteiger charge is -2.30. The minimum atomic E-state index is -1.30. The second-order valence-electron chi connectivity index (χ2n) is 12.1. The molecule has 0 fully saturated rings. The topological polar surface area (TPSA) is 236 Å². The number of carboxylic acid groups (broad SMARTS) is 4. The highest BCUT2D eigenvalue weighted by atomic mass is 127. The van der Waals surface area contributed by atoms with E-state index in [0.29, 0.717) is 25.5 Å². The number of ether oxygens (including phenoxy) is 3. The minimum Gasteiger partial charge on any atom is -0.478 e. The number of halogens is 12. The zero-order valence-electron chi connectivity index (χ0n) is 30.3. The Kier molecular flexibility index (Phi) is 23.8. The molecule has 0 aliphatic heterocycles. The summed E-state index contributed by atoms with van der Waals surface area (Å²) in [6.07, 6.45) is 6.85. The molecule has 4 atom stereocenters. The van der Waals surface area contributed by atoms with Crippen molar-refractivity contribution in [3.63, 3.8) is 0 Å². The van der Waals surface area contributed by atoms with E-state index in [1.165, 1.54) is 0 Å². The number of rotatable bonds is 14. The fourth-order valence-electron chi connectivity index (χ4n) is 5.35. The molecule has 0 spiro atoms. The lowest BCUT2D eigenvalue weighted by Crippen LogP contribution is -2.32. The van der Waals surface area contributed by atoms with Gasteiger partial charge < -0.3 is 34.6 Å². The molecule has 0 saturated carbocycles. The smallest absolute Gasteiger partial charge is 0.338 e. The molecule has 4 unspecified atom stereocenters. The van der Waals surface area contributed by atoms with Crippen molar-refractivity contribution in [3.8, 4) is 0 Å². The van der Waals surface area contributed by atoms with Crippen LogP contribution < -0.4 is 0 Å². The first-order valence-electron chi connectivity index (χ1n) is 16.6. The zero-order valence-corrected chi connectivity index (χ0v) is 56.2. The first kappa shape index (κ1) is 57.7. The van der Waals surface area contributed by atoms with Gasteiger partial charge in [0, 0.05) is 14.3 Å². The first-order valence-corrected chi connectivity index (χ1v) is 30.2. The average molecular weight is 2210 g/mol. The highest BCUT2D eigenvalue weighted by molar-refractivity contribution is 14.1. The summed E-state index contributed by atoms with van der Waals surface area (Å²) in [6.45, 7) is -1.31. The summed E-state index contributed by atoms with van der Waals surface area (Å²) in [7, 11) is 0. The Bertz CT molecular complexity index is 2320. The monoisotopic (exact) mass is 2210 g/mol. The van der Waals surface area contributed by atoms with Gasteiger partial charge in [0.15, 0.2) is 0 Å². The van der Waals surface area contributed by atoms with Crippen LogP contribution in [0.2, 0.25) is 0 Å². The number of hydrogen-bond acceptors (Lipinski definition) is 11. The predicted octanol–water partition coefficient (Wildman–Crippen LogP) is 11.1. The zero-order chi connectivity index (χ0) is 47.4. The molecule has 4 aliphatic rings. The van der Waals surface area contributed by atoms with Crippen molar-refractivity contribution in [2.45, 2.75) is 15.7 Å². The first-order chi connectivity index (χ1) is 29.4. The van der Waals surface area contributed by atoms with Gasteiger partial charge in [0.25, 0.3) is 0 Å². The standard InChI is InChI=1S/C36H20I12N2O13/c37-11-5-13(39)17(33(53)54)21(41)9(11)1-3-61-15(51)7-49-29-23(43)19(35(57)58)25(45)31(27(29)47)63-32-26(46)20(36(59)60)24(44)30(28(32)48)50-8-16(52)62-4-2-10-12(38)6-14(40)18(22(10)42)34(55)56/h1-2,5-6,11-12,27-28H,3-4,7-8H2,(H,53,54)(H,55,56)(H,57,58)(H,59,60). The summed E-state index contributed by atoms with van der Waals surface area (Å²) in [5.74, 6) is -5.96. The van der Waals surface area contributed by atoms with E-state index in [0.717, 1.165) is 0 Å². The molecule has 336 valence electrons. The maximum absolute atomic E-state index is 13.0. The number of hydrogen-bond donors (Lipinski definition) is 4. The third kappa shape index (κ3) is 14.2. The Morgan fingerprint density at radius 2 is 0.825 bits per heavy atom. The van der Waals surface area contributed by atoms with Crippen molar-refractivity contribution in [1.29, 1.82) is 0 Å². The van der Waals surface area contributed by atoms with E-state index < -0.39 is 56.8 Å². The van der Waals surface area contributed by atoms with Gasteiger partial charge in [-0.3, -0.25) is 19.6 Å². The average Bonchev–Trinajstić information content (AvgIpc) is 3.16. The lowest BCUT2D eigenvalue weighted by atomic mass is 10.0. The third-order valence-electron chi connectivity index (χ3n) is 8.23. The molecule has 4 aliphatic carbocycles. The summed E-state index contributed by atoms with van der Waals surface area (Å²) in [4.78, 5) is 83.8. The van der Waals surface area contributed by atoms with Crippen LogP contribution in [0, 0.1) is 0 Å². The van der Waals surface area contributed by atoms with Gasteiger partial charge >= 0.3 is 35.8 Å². The summed E-state index contributed by atoms with van der Waals surface area (Å²) in [5.41, 5.74) is 1.78. The molecular weight excluding hydrogens is 2190 g/mol. The molecule has 0 heterocycles. The largest absolute Gasteiger partial charge is 0.478 e. The molecule has 4 N–H and O–H groups in total. The van der Waals surface area contributed by atoms with Gasteiger partial charge in [-0.05, 0) is 204 Å².